The van der Waals surface area contributed by atoms with Crippen LogP contribution >= 0.6 is 0 Å². The third-order valence-electron chi connectivity index (χ3n) is 5.98. The van der Waals surface area contributed by atoms with Crippen LogP contribution in [0, 0.1) is 11.2 Å². The van der Waals surface area contributed by atoms with E-state index in [-0.39, 0.29) is 30.4 Å². The number of ether oxygens (including phenoxy) is 1. The van der Waals surface area contributed by atoms with E-state index in [0.29, 0.717) is 38.2 Å². The molecule has 7 heteroatoms. The van der Waals surface area contributed by atoms with Gasteiger partial charge in [-0.2, -0.15) is 0 Å². The maximum atomic E-state index is 13.0. The second-order valence-corrected chi connectivity index (χ2v) is 7.62. The zero-order valence-corrected chi connectivity index (χ0v) is 14.7. The Bertz CT molecular complexity index is 692. The molecule has 6 nitrogen and oxygen atoms in total. The molecule has 3 heterocycles. The number of piperidine rings is 1. The minimum absolute atomic E-state index is 0.0297. The van der Waals surface area contributed by atoms with Gasteiger partial charge in [-0.05, 0) is 44.2 Å². The van der Waals surface area contributed by atoms with Gasteiger partial charge in [0.1, 0.15) is 5.82 Å². The number of aromatic nitrogens is 1. The molecule has 0 radical (unpaired) electrons. The van der Waals surface area contributed by atoms with Crippen molar-refractivity contribution in [3.63, 3.8) is 0 Å². The Morgan fingerprint density at radius 1 is 1.35 bits per heavy atom. The fraction of sp³-hybridized carbons (Fsp3) is 0.632. The first-order chi connectivity index (χ1) is 12.6. The standard InChI is InChI=1S/C19H24FN3O3/c20-13-4-5-15(21-11-13)10-17(24)23-8-6-16-19(12-23,7-9-26-16)18(25)22-14-2-1-3-14/h4-5,11,14,16H,1-3,6-10,12H2,(H,22,25)/t16-,19-/m1/s1. The summed E-state index contributed by atoms with van der Waals surface area (Å²) in [6.45, 7) is 1.52. The van der Waals surface area contributed by atoms with Gasteiger partial charge >= 0.3 is 0 Å². The van der Waals surface area contributed by atoms with Crippen molar-refractivity contribution in [2.45, 2.75) is 50.7 Å². The summed E-state index contributed by atoms with van der Waals surface area (Å²) in [6, 6.07) is 3.10. The molecule has 0 bridgehead atoms. The number of nitrogens with zero attached hydrogens (tertiary/aromatic N) is 2. The van der Waals surface area contributed by atoms with E-state index < -0.39 is 11.2 Å². The molecule has 1 N–H and O–H groups in total. The van der Waals surface area contributed by atoms with Gasteiger partial charge in [0.05, 0.1) is 24.1 Å². The Hall–Kier alpha value is -2.02. The molecule has 3 fully saturated rings. The van der Waals surface area contributed by atoms with Gasteiger partial charge in [-0.1, -0.05) is 0 Å². The quantitative estimate of drug-likeness (QED) is 0.881. The van der Waals surface area contributed by atoms with Crippen molar-refractivity contribution >= 4 is 11.8 Å². The van der Waals surface area contributed by atoms with E-state index in [0.717, 1.165) is 25.5 Å². The topological polar surface area (TPSA) is 71.5 Å². The van der Waals surface area contributed by atoms with Crippen molar-refractivity contribution in [1.29, 1.82) is 0 Å². The highest BCUT2D eigenvalue weighted by atomic mass is 19.1. The highest BCUT2D eigenvalue weighted by Crippen LogP contribution is 2.41. The van der Waals surface area contributed by atoms with Gasteiger partial charge in [-0.15, -0.1) is 0 Å². The predicted molar refractivity (Wildman–Crippen MR) is 91.7 cm³/mol. The molecule has 26 heavy (non-hydrogen) atoms. The van der Waals surface area contributed by atoms with E-state index in [1.807, 2.05) is 0 Å². The minimum Gasteiger partial charge on any atom is -0.377 e. The summed E-state index contributed by atoms with van der Waals surface area (Å²) in [5.41, 5.74) is -0.103. The van der Waals surface area contributed by atoms with Crippen LogP contribution in [0.2, 0.25) is 0 Å². The van der Waals surface area contributed by atoms with E-state index in [4.69, 9.17) is 4.74 Å². The molecule has 0 spiro atoms. The summed E-state index contributed by atoms with van der Waals surface area (Å²) in [4.78, 5) is 31.4. The molecule has 2 amide bonds. The van der Waals surface area contributed by atoms with Crippen LogP contribution in [-0.4, -0.2) is 53.5 Å². The largest absolute Gasteiger partial charge is 0.377 e. The molecule has 2 aliphatic heterocycles. The van der Waals surface area contributed by atoms with Crippen LogP contribution in [0.25, 0.3) is 0 Å². The van der Waals surface area contributed by atoms with Gasteiger partial charge < -0.3 is 15.0 Å². The molecule has 140 valence electrons. The lowest BCUT2D eigenvalue weighted by molar-refractivity contribution is -0.146. The zero-order chi connectivity index (χ0) is 18.1. The maximum absolute atomic E-state index is 13.0. The van der Waals surface area contributed by atoms with Gasteiger partial charge in [-0.3, -0.25) is 14.6 Å². The maximum Gasteiger partial charge on any atom is 0.230 e. The monoisotopic (exact) mass is 361 g/mol. The number of halogens is 1. The first kappa shape index (κ1) is 17.4. The van der Waals surface area contributed by atoms with E-state index in [1.54, 1.807) is 4.90 Å². The number of likely N-dealkylation sites (tertiary alicyclic amines) is 1. The average Bonchev–Trinajstić information content (AvgIpc) is 3.04. The summed E-state index contributed by atoms with van der Waals surface area (Å²) < 4.78 is 18.8. The molecule has 4 rings (SSSR count). The Morgan fingerprint density at radius 2 is 2.19 bits per heavy atom. The second-order valence-electron chi connectivity index (χ2n) is 7.62. The molecule has 1 aromatic rings. The van der Waals surface area contributed by atoms with E-state index in [9.17, 15) is 14.0 Å². The highest BCUT2D eigenvalue weighted by Gasteiger charge is 2.54. The molecule has 2 atom stereocenters. The molecular formula is C19H24FN3O3. The van der Waals surface area contributed by atoms with Gasteiger partial charge in [0.2, 0.25) is 11.8 Å². The number of amides is 2. The number of fused-ring (bicyclic) bond motifs is 1. The zero-order valence-electron chi connectivity index (χ0n) is 14.7. The minimum atomic E-state index is -0.639. The Morgan fingerprint density at radius 3 is 2.88 bits per heavy atom. The SMILES string of the molecule is O=C(Cc1ccc(F)cn1)N1CC[C@H]2OCC[C@@]2(C(=O)NC2CCC2)C1. The van der Waals surface area contributed by atoms with Crippen molar-refractivity contribution in [3.8, 4) is 0 Å². The average molecular weight is 361 g/mol. The van der Waals surface area contributed by atoms with Gasteiger partial charge in [0.25, 0.3) is 0 Å². The van der Waals surface area contributed by atoms with Crippen molar-refractivity contribution < 1.29 is 18.7 Å². The first-order valence-corrected chi connectivity index (χ1v) is 9.38. The molecule has 1 aromatic heterocycles. The van der Waals surface area contributed by atoms with Crippen LogP contribution in [0.4, 0.5) is 4.39 Å². The molecule has 0 unspecified atom stereocenters. The summed E-state index contributed by atoms with van der Waals surface area (Å²) >= 11 is 0. The van der Waals surface area contributed by atoms with E-state index in [2.05, 4.69) is 10.3 Å². The number of nitrogens with one attached hydrogen (secondary N) is 1. The van der Waals surface area contributed by atoms with Gasteiger partial charge in [-0.25, -0.2) is 4.39 Å². The smallest absolute Gasteiger partial charge is 0.230 e. The van der Waals surface area contributed by atoms with Crippen LogP contribution in [0.1, 0.15) is 37.8 Å². The van der Waals surface area contributed by atoms with Crippen LogP contribution in [0.5, 0.6) is 0 Å². The van der Waals surface area contributed by atoms with Crippen LogP contribution in [0.3, 0.4) is 0 Å². The summed E-state index contributed by atoms with van der Waals surface area (Å²) in [5, 5.41) is 3.15. The van der Waals surface area contributed by atoms with Crippen molar-refractivity contribution in [2.75, 3.05) is 19.7 Å². The van der Waals surface area contributed by atoms with Crippen LogP contribution in [-0.2, 0) is 20.7 Å². The van der Waals surface area contributed by atoms with E-state index in [1.165, 1.54) is 12.1 Å². The third kappa shape index (κ3) is 3.20. The molecular weight excluding hydrogens is 337 g/mol. The molecule has 0 aromatic carbocycles. The molecule has 2 saturated heterocycles. The number of rotatable bonds is 4. The first-order valence-electron chi connectivity index (χ1n) is 9.38. The predicted octanol–water partition coefficient (Wildman–Crippen LogP) is 1.44. The second kappa shape index (κ2) is 6.95. The van der Waals surface area contributed by atoms with Crippen molar-refractivity contribution in [2.24, 2.45) is 5.41 Å². The molecule has 3 aliphatic rings. The van der Waals surface area contributed by atoms with Crippen LogP contribution in [0.15, 0.2) is 18.3 Å². The number of pyridine rings is 1. The van der Waals surface area contributed by atoms with Gasteiger partial charge in [0.15, 0.2) is 0 Å². The Labute approximate surface area is 152 Å². The summed E-state index contributed by atoms with van der Waals surface area (Å²) in [6.07, 6.45) is 5.66. The summed E-state index contributed by atoms with van der Waals surface area (Å²) in [5.74, 6) is -0.468. The lowest BCUT2D eigenvalue weighted by Crippen LogP contribution is -2.60. The number of hydrogen-bond donors (Lipinski definition) is 1. The fourth-order valence-electron chi connectivity index (χ4n) is 4.14. The normalized spacial score (nSPS) is 28.3. The lowest BCUT2D eigenvalue weighted by atomic mass is 9.75. The molecule has 1 saturated carbocycles. The van der Waals surface area contributed by atoms with Crippen LogP contribution < -0.4 is 5.32 Å². The molecule has 1 aliphatic carbocycles. The highest BCUT2D eigenvalue weighted by molar-refractivity contribution is 5.86. The van der Waals surface area contributed by atoms with Crippen molar-refractivity contribution in [3.05, 3.63) is 29.8 Å². The Kier molecular flexibility index (Phi) is 4.65. The fourth-order valence-corrected chi connectivity index (χ4v) is 4.14. The van der Waals surface area contributed by atoms with E-state index >= 15 is 0 Å². The lowest BCUT2D eigenvalue weighted by Gasteiger charge is -2.43. The Balaban J connectivity index is 1.45. The van der Waals surface area contributed by atoms with Gasteiger partial charge in [0, 0.05) is 31.4 Å². The number of hydrogen-bond acceptors (Lipinski definition) is 4. The third-order valence-corrected chi connectivity index (χ3v) is 5.98. The number of carbonyl (C=O) groups excluding carboxylic acids is 2. The van der Waals surface area contributed by atoms with Crippen molar-refractivity contribution in [1.82, 2.24) is 15.2 Å². The summed E-state index contributed by atoms with van der Waals surface area (Å²) in [7, 11) is 0. The number of carbonyl (C=O) groups is 2.